The molecule has 1 atom stereocenters. The maximum Gasteiger partial charge on any atom is 0.301 e. The SMILES string of the molecule is CCOc1cccc([C@@H]2C(=C(O)c3ccc4c(c3)OCCO4)C(=O)C(=O)N2c2nnc(C)s2)c1. The summed E-state index contributed by atoms with van der Waals surface area (Å²) < 4.78 is 16.8. The number of aliphatic hydroxyl groups excluding tert-OH is 1. The van der Waals surface area contributed by atoms with Gasteiger partial charge < -0.3 is 19.3 Å². The molecule has 1 amide bonds. The first-order valence-electron chi connectivity index (χ1n) is 10.7. The first kappa shape index (κ1) is 21.9. The molecule has 174 valence electrons. The van der Waals surface area contributed by atoms with E-state index in [1.54, 1.807) is 49.4 Å². The van der Waals surface area contributed by atoms with Crippen LogP contribution in [0.3, 0.4) is 0 Å². The summed E-state index contributed by atoms with van der Waals surface area (Å²) in [4.78, 5) is 27.7. The number of hydrogen-bond acceptors (Lipinski definition) is 9. The van der Waals surface area contributed by atoms with Crippen molar-refractivity contribution in [3.05, 3.63) is 64.2 Å². The first-order chi connectivity index (χ1) is 16.5. The lowest BCUT2D eigenvalue weighted by Gasteiger charge is -2.23. The second-order valence-electron chi connectivity index (χ2n) is 7.64. The molecule has 2 aliphatic heterocycles. The molecular weight excluding hydrogens is 458 g/mol. The van der Waals surface area contributed by atoms with Crippen molar-refractivity contribution in [1.82, 2.24) is 10.2 Å². The van der Waals surface area contributed by atoms with Gasteiger partial charge in [-0.15, -0.1) is 10.2 Å². The van der Waals surface area contributed by atoms with Crippen LogP contribution in [0.4, 0.5) is 5.13 Å². The zero-order valence-electron chi connectivity index (χ0n) is 18.5. The van der Waals surface area contributed by atoms with Gasteiger partial charge in [0.25, 0.3) is 5.78 Å². The lowest BCUT2D eigenvalue weighted by molar-refractivity contribution is -0.132. The molecule has 2 aromatic carbocycles. The topological polar surface area (TPSA) is 111 Å². The molecule has 3 aromatic rings. The number of aryl methyl sites for hydroxylation is 1. The van der Waals surface area contributed by atoms with Gasteiger partial charge in [-0.25, -0.2) is 0 Å². The predicted octanol–water partition coefficient (Wildman–Crippen LogP) is 3.64. The van der Waals surface area contributed by atoms with E-state index < -0.39 is 17.7 Å². The van der Waals surface area contributed by atoms with Gasteiger partial charge in [-0.05, 0) is 49.7 Å². The molecule has 1 fully saturated rings. The summed E-state index contributed by atoms with van der Waals surface area (Å²) in [5.74, 6) is -0.328. The molecule has 1 aromatic heterocycles. The highest BCUT2D eigenvalue weighted by Gasteiger charge is 2.48. The van der Waals surface area contributed by atoms with Crippen LogP contribution in [0, 0.1) is 6.92 Å². The lowest BCUT2D eigenvalue weighted by Crippen LogP contribution is -2.29. The van der Waals surface area contributed by atoms with E-state index >= 15 is 0 Å². The largest absolute Gasteiger partial charge is 0.507 e. The van der Waals surface area contributed by atoms with E-state index in [9.17, 15) is 14.7 Å². The highest BCUT2D eigenvalue weighted by atomic mass is 32.1. The number of Topliss-reactive ketones (excluding diaryl/α,β-unsaturated/α-hetero) is 1. The standard InChI is InChI=1S/C24H21N3O6S/c1-3-31-16-6-4-5-14(11-16)20-19(22(29)23(30)27(20)24-26-25-13(2)34-24)21(28)15-7-8-17-18(12-15)33-10-9-32-17/h4-8,11-12,20,28H,3,9-10H2,1-2H3/t20-/m1/s1. The van der Waals surface area contributed by atoms with Gasteiger partial charge in [0.2, 0.25) is 5.13 Å². The Morgan fingerprint density at radius 3 is 2.68 bits per heavy atom. The molecule has 5 rings (SSSR count). The van der Waals surface area contributed by atoms with Crippen LogP contribution in [-0.2, 0) is 9.59 Å². The van der Waals surface area contributed by atoms with Crippen molar-refractivity contribution in [1.29, 1.82) is 0 Å². The van der Waals surface area contributed by atoms with Crippen LogP contribution in [0.1, 0.15) is 29.1 Å². The molecule has 0 spiro atoms. The second-order valence-corrected chi connectivity index (χ2v) is 8.80. The zero-order valence-corrected chi connectivity index (χ0v) is 19.3. The number of rotatable bonds is 5. The van der Waals surface area contributed by atoms with Gasteiger partial charge in [-0.1, -0.05) is 23.5 Å². The molecule has 9 nitrogen and oxygen atoms in total. The van der Waals surface area contributed by atoms with Crippen LogP contribution < -0.4 is 19.1 Å². The summed E-state index contributed by atoms with van der Waals surface area (Å²) in [6.45, 7) is 4.89. The van der Waals surface area contributed by atoms with Gasteiger partial charge in [0, 0.05) is 5.56 Å². The molecule has 1 saturated heterocycles. The third kappa shape index (κ3) is 3.75. The quantitative estimate of drug-likeness (QED) is 0.335. The Morgan fingerprint density at radius 1 is 1.15 bits per heavy atom. The fourth-order valence-electron chi connectivity index (χ4n) is 4.02. The van der Waals surface area contributed by atoms with E-state index in [0.717, 1.165) is 0 Å². The number of aromatic nitrogens is 2. The Kier molecular flexibility index (Phi) is 5.66. The van der Waals surface area contributed by atoms with Gasteiger partial charge in [0.1, 0.15) is 29.7 Å². The molecule has 1 N–H and O–H groups in total. The minimum atomic E-state index is -0.916. The van der Waals surface area contributed by atoms with E-state index in [-0.39, 0.29) is 16.5 Å². The molecule has 10 heteroatoms. The Morgan fingerprint density at radius 2 is 1.94 bits per heavy atom. The van der Waals surface area contributed by atoms with Gasteiger partial charge in [0.15, 0.2) is 11.5 Å². The van der Waals surface area contributed by atoms with E-state index in [1.807, 2.05) is 6.92 Å². The van der Waals surface area contributed by atoms with Crippen molar-refractivity contribution >= 4 is 33.9 Å². The van der Waals surface area contributed by atoms with Gasteiger partial charge in [-0.3, -0.25) is 14.5 Å². The molecule has 34 heavy (non-hydrogen) atoms. The predicted molar refractivity (Wildman–Crippen MR) is 124 cm³/mol. The van der Waals surface area contributed by atoms with Crippen molar-refractivity contribution in [2.45, 2.75) is 19.9 Å². The van der Waals surface area contributed by atoms with Crippen molar-refractivity contribution in [2.75, 3.05) is 24.7 Å². The van der Waals surface area contributed by atoms with E-state index in [0.29, 0.717) is 53.2 Å². The zero-order chi connectivity index (χ0) is 23.8. The molecule has 0 bridgehead atoms. The molecule has 0 aliphatic carbocycles. The van der Waals surface area contributed by atoms with E-state index in [2.05, 4.69) is 10.2 Å². The Bertz CT molecular complexity index is 1320. The monoisotopic (exact) mass is 479 g/mol. The lowest BCUT2D eigenvalue weighted by atomic mass is 9.95. The molecule has 0 unspecified atom stereocenters. The van der Waals surface area contributed by atoms with Crippen molar-refractivity contribution in [2.24, 2.45) is 0 Å². The fourth-order valence-corrected chi connectivity index (χ4v) is 4.73. The maximum atomic E-state index is 13.3. The van der Waals surface area contributed by atoms with Crippen LogP contribution >= 0.6 is 11.3 Å². The minimum absolute atomic E-state index is 0.0526. The number of aliphatic hydroxyl groups is 1. The van der Waals surface area contributed by atoms with E-state index in [4.69, 9.17) is 14.2 Å². The average molecular weight is 480 g/mol. The Balaban J connectivity index is 1.68. The highest BCUT2D eigenvalue weighted by molar-refractivity contribution is 7.15. The maximum absolute atomic E-state index is 13.3. The smallest absolute Gasteiger partial charge is 0.301 e. The number of hydrogen-bond donors (Lipinski definition) is 1. The summed E-state index contributed by atoms with van der Waals surface area (Å²) >= 11 is 1.19. The fraction of sp³-hybridized carbons (Fsp3) is 0.250. The number of amides is 1. The Hall–Kier alpha value is -3.92. The number of ketones is 1. The minimum Gasteiger partial charge on any atom is -0.507 e. The number of carbonyl (C=O) groups is 2. The summed E-state index contributed by atoms with van der Waals surface area (Å²) in [6.07, 6.45) is 0. The van der Waals surface area contributed by atoms with Crippen molar-refractivity contribution in [3.8, 4) is 17.2 Å². The Labute approximate surface area is 199 Å². The van der Waals surface area contributed by atoms with Crippen LogP contribution in [0.5, 0.6) is 17.2 Å². The third-order valence-corrected chi connectivity index (χ3v) is 6.30. The van der Waals surface area contributed by atoms with Gasteiger partial charge in [0.05, 0.1) is 18.2 Å². The normalized spacial score (nSPS) is 18.9. The number of carbonyl (C=O) groups excluding carboxylic acids is 2. The number of fused-ring (bicyclic) bond motifs is 1. The van der Waals surface area contributed by atoms with Crippen LogP contribution in [0.2, 0.25) is 0 Å². The second kappa shape index (κ2) is 8.79. The number of benzene rings is 2. The average Bonchev–Trinajstić information content (AvgIpc) is 3.39. The molecule has 0 radical (unpaired) electrons. The van der Waals surface area contributed by atoms with Gasteiger partial charge in [-0.2, -0.15) is 0 Å². The van der Waals surface area contributed by atoms with Crippen LogP contribution in [-0.4, -0.2) is 46.8 Å². The van der Waals surface area contributed by atoms with Crippen LogP contribution in [0.25, 0.3) is 5.76 Å². The number of ether oxygens (including phenoxy) is 3. The summed E-state index contributed by atoms with van der Waals surface area (Å²) in [5.41, 5.74) is 0.877. The number of nitrogens with zero attached hydrogens (tertiary/aromatic N) is 3. The first-order valence-corrected chi connectivity index (χ1v) is 11.5. The summed E-state index contributed by atoms with van der Waals surface area (Å²) in [7, 11) is 0. The number of anilines is 1. The highest BCUT2D eigenvalue weighted by Crippen LogP contribution is 2.44. The molecule has 0 saturated carbocycles. The van der Waals surface area contributed by atoms with E-state index in [1.165, 1.54) is 16.2 Å². The van der Waals surface area contributed by atoms with Crippen molar-refractivity contribution in [3.63, 3.8) is 0 Å². The molecule has 2 aliphatic rings. The molecule has 3 heterocycles. The van der Waals surface area contributed by atoms with Gasteiger partial charge >= 0.3 is 5.91 Å². The molecular formula is C24H21N3O6S. The summed E-state index contributed by atoms with van der Waals surface area (Å²) in [5, 5.41) is 20.3. The summed E-state index contributed by atoms with van der Waals surface area (Å²) in [6, 6.07) is 11.1. The van der Waals surface area contributed by atoms with Crippen molar-refractivity contribution < 1.29 is 28.9 Å². The van der Waals surface area contributed by atoms with Crippen LogP contribution in [0.15, 0.2) is 48.0 Å². The third-order valence-electron chi connectivity index (χ3n) is 5.47.